The SMILES string of the molecule is Cn1cnc(CCn2c(N)nc3c(F)cc(F)cc32)n1. The zero-order valence-electron chi connectivity index (χ0n) is 10.7. The molecule has 0 bridgehead atoms. The number of halogens is 2. The van der Waals surface area contributed by atoms with Gasteiger partial charge in [0, 0.05) is 32.1 Å². The summed E-state index contributed by atoms with van der Waals surface area (Å²) in [5.74, 6) is -0.612. The lowest BCUT2D eigenvalue weighted by atomic mass is 10.3. The lowest BCUT2D eigenvalue weighted by Gasteiger charge is -2.04. The van der Waals surface area contributed by atoms with Crippen molar-refractivity contribution in [2.24, 2.45) is 7.05 Å². The minimum atomic E-state index is -0.721. The monoisotopic (exact) mass is 278 g/mol. The fraction of sp³-hybridized carbons (Fsp3) is 0.250. The van der Waals surface area contributed by atoms with E-state index < -0.39 is 11.6 Å². The Morgan fingerprint density at radius 2 is 2.10 bits per heavy atom. The van der Waals surface area contributed by atoms with E-state index >= 15 is 0 Å². The van der Waals surface area contributed by atoms with Gasteiger partial charge >= 0.3 is 0 Å². The fourth-order valence-electron chi connectivity index (χ4n) is 2.11. The summed E-state index contributed by atoms with van der Waals surface area (Å²) in [5, 5.41) is 4.14. The topological polar surface area (TPSA) is 74.5 Å². The normalized spacial score (nSPS) is 11.3. The number of nitrogen functional groups attached to an aromatic ring is 1. The molecular weight excluding hydrogens is 266 g/mol. The average molecular weight is 278 g/mol. The number of nitrogens with two attached hydrogens (primary N) is 1. The Kier molecular flexibility index (Phi) is 2.85. The molecule has 0 spiro atoms. The first-order valence-electron chi connectivity index (χ1n) is 6.00. The Morgan fingerprint density at radius 3 is 2.80 bits per heavy atom. The summed E-state index contributed by atoms with van der Waals surface area (Å²) in [6.45, 7) is 0.398. The summed E-state index contributed by atoms with van der Waals surface area (Å²) in [4.78, 5) is 8.01. The molecule has 2 heterocycles. The smallest absolute Gasteiger partial charge is 0.201 e. The maximum absolute atomic E-state index is 13.6. The molecule has 0 aliphatic heterocycles. The van der Waals surface area contributed by atoms with Crippen LogP contribution >= 0.6 is 0 Å². The summed E-state index contributed by atoms with van der Waals surface area (Å²) in [7, 11) is 1.77. The summed E-state index contributed by atoms with van der Waals surface area (Å²) in [6, 6.07) is 2.01. The van der Waals surface area contributed by atoms with Crippen LogP contribution < -0.4 is 5.73 Å². The van der Waals surface area contributed by atoms with Gasteiger partial charge in [-0.15, -0.1) is 0 Å². The maximum Gasteiger partial charge on any atom is 0.201 e. The number of hydrogen-bond donors (Lipinski definition) is 1. The molecule has 8 heteroatoms. The fourth-order valence-corrected chi connectivity index (χ4v) is 2.11. The van der Waals surface area contributed by atoms with E-state index in [1.165, 1.54) is 6.07 Å². The van der Waals surface area contributed by atoms with Crippen LogP contribution in [0.2, 0.25) is 0 Å². The third-order valence-corrected chi connectivity index (χ3v) is 3.01. The molecule has 0 radical (unpaired) electrons. The van der Waals surface area contributed by atoms with Crippen molar-refractivity contribution >= 4 is 17.0 Å². The van der Waals surface area contributed by atoms with E-state index in [1.807, 2.05) is 0 Å². The highest BCUT2D eigenvalue weighted by Crippen LogP contribution is 2.22. The van der Waals surface area contributed by atoms with Crippen molar-refractivity contribution in [3.8, 4) is 0 Å². The molecule has 20 heavy (non-hydrogen) atoms. The zero-order valence-corrected chi connectivity index (χ0v) is 10.7. The predicted molar refractivity (Wildman–Crippen MR) is 68.8 cm³/mol. The molecule has 3 rings (SSSR count). The highest BCUT2D eigenvalue weighted by Gasteiger charge is 2.14. The highest BCUT2D eigenvalue weighted by atomic mass is 19.1. The number of hydrogen-bond acceptors (Lipinski definition) is 4. The van der Waals surface area contributed by atoms with E-state index in [2.05, 4.69) is 15.1 Å². The minimum Gasteiger partial charge on any atom is -0.369 e. The summed E-state index contributed by atoms with van der Waals surface area (Å²) in [6.07, 6.45) is 2.08. The molecule has 104 valence electrons. The van der Waals surface area contributed by atoms with Crippen molar-refractivity contribution in [1.82, 2.24) is 24.3 Å². The molecule has 0 aliphatic carbocycles. The molecule has 0 fully saturated rings. The first kappa shape index (κ1) is 12.5. The van der Waals surface area contributed by atoms with Crippen LogP contribution in [-0.2, 0) is 20.0 Å². The van der Waals surface area contributed by atoms with Crippen LogP contribution in [0.25, 0.3) is 11.0 Å². The number of aryl methyl sites for hydroxylation is 3. The molecular formula is C12H12F2N6. The van der Waals surface area contributed by atoms with E-state index in [0.29, 0.717) is 24.3 Å². The third kappa shape index (κ3) is 2.09. The van der Waals surface area contributed by atoms with Gasteiger partial charge in [-0.2, -0.15) is 5.10 Å². The van der Waals surface area contributed by atoms with Gasteiger partial charge in [-0.05, 0) is 0 Å². The van der Waals surface area contributed by atoms with Crippen molar-refractivity contribution in [2.45, 2.75) is 13.0 Å². The van der Waals surface area contributed by atoms with Crippen LogP contribution in [-0.4, -0.2) is 24.3 Å². The third-order valence-electron chi connectivity index (χ3n) is 3.01. The number of anilines is 1. The van der Waals surface area contributed by atoms with Gasteiger partial charge in [0.2, 0.25) is 5.95 Å². The van der Waals surface area contributed by atoms with Crippen LogP contribution in [0.3, 0.4) is 0 Å². The number of imidazole rings is 1. The number of nitrogens with zero attached hydrogens (tertiary/aromatic N) is 5. The molecule has 2 aromatic heterocycles. The van der Waals surface area contributed by atoms with Gasteiger partial charge in [0.25, 0.3) is 0 Å². The van der Waals surface area contributed by atoms with Gasteiger partial charge in [-0.1, -0.05) is 0 Å². The second-order valence-corrected chi connectivity index (χ2v) is 4.46. The van der Waals surface area contributed by atoms with Gasteiger partial charge in [0.1, 0.15) is 17.7 Å². The number of rotatable bonds is 3. The van der Waals surface area contributed by atoms with E-state index in [4.69, 9.17) is 5.73 Å². The maximum atomic E-state index is 13.6. The van der Waals surface area contributed by atoms with Crippen molar-refractivity contribution in [3.05, 3.63) is 35.9 Å². The minimum absolute atomic E-state index is 0.0675. The molecule has 0 aliphatic rings. The Bertz CT molecular complexity index is 776. The Morgan fingerprint density at radius 1 is 1.30 bits per heavy atom. The molecule has 6 nitrogen and oxygen atoms in total. The molecule has 2 N–H and O–H groups in total. The molecule has 0 saturated heterocycles. The molecule has 3 aromatic rings. The van der Waals surface area contributed by atoms with Crippen molar-refractivity contribution in [2.75, 3.05) is 5.73 Å². The van der Waals surface area contributed by atoms with Crippen LogP contribution in [0.1, 0.15) is 5.82 Å². The van der Waals surface area contributed by atoms with Crippen LogP contribution in [0, 0.1) is 11.6 Å². The summed E-state index contributed by atoms with van der Waals surface area (Å²) < 4.78 is 30.1. The highest BCUT2D eigenvalue weighted by molar-refractivity contribution is 5.79. The largest absolute Gasteiger partial charge is 0.369 e. The van der Waals surface area contributed by atoms with Crippen LogP contribution in [0.4, 0.5) is 14.7 Å². The van der Waals surface area contributed by atoms with Crippen LogP contribution in [0.15, 0.2) is 18.5 Å². The Balaban J connectivity index is 1.96. The second kappa shape index (κ2) is 4.55. The average Bonchev–Trinajstić information content (AvgIpc) is 2.91. The zero-order chi connectivity index (χ0) is 14.3. The van der Waals surface area contributed by atoms with Gasteiger partial charge in [-0.25, -0.2) is 18.7 Å². The van der Waals surface area contributed by atoms with E-state index in [0.717, 1.165) is 6.07 Å². The molecule has 0 atom stereocenters. The van der Waals surface area contributed by atoms with Gasteiger partial charge < -0.3 is 10.3 Å². The van der Waals surface area contributed by atoms with Crippen molar-refractivity contribution in [3.63, 3.8) is 0 Å². The number of fused-ring (bicyclic) bond motifs is 1. The summed E-state index contributed by atoms with van der Waals surface area (Å²) >= 11 is 0. The van der Waals surface area contributed by atoms with Gasteiger partial charge in [0.15, 0.2) is 11.6 Å². The summed E-state index contributed by atoms with van der Waals surface area (Å²) in [5.41, 5.74) is 6.16. The Hall–Kier alpha value is -2.51. The van der Waals surface area contributed by atoms with Crippen molar-refractivity contribution in [1.29, 1.82) is 0 Å². The standard InChI is InChI=1S/C12H12F2N6/c1-19-6-16-10(18-19)2-3-20-9-5-7(13)4-8(14)11(9)17-12(20)15/h4-6H,2-3H2,1H3,(H2,15,17). The van der Waals surface area contributed by atoms with Gasteiger partial charge in [-0.3, -0.25) is 4.68 Å². The molecule has 1 aromatic carbocycles. The van der Waals surface area contributed by atoms with Gasteiger partial charge in [0.05, 0.1) is 5.52 Å². The quantitative estimate of drug-likeness (QED) is 0.783. The Labute approximate surface area is 112 Å². The van der Waals surface area contributed by atoms with E-state index in [-0.39, 0.29) is 11.5 Å². The van der Waals surface area contributed by atoms with Crippen molar-refractivity contribution < 1.29 is 8.78 Å². The van der Waals surface area contributed by atoms with E-state index in [9.17, 15) is 8.78 Å². The lowest BCUT2D eigenvalue weighted by molar-refractivity contribution is 0.589. The molecule has 0 unspecified atom stereocenters. The molecule has 0 amide bonds. The number of aromatic nitrogens is 5. The lowest BCUT2D eigenvalue weighted by Crippen LogP contribution is -2.07. The first-order chi connectivity index (χ1) is 9.54. The van der Waals surface area contributed by atoms with Crippen LogP contribution in [0.5, 0.6) is 0 Å². The predicted octanol–water partition coefficient (Wildman–Crippen LogP) is 1.27. The second-order valence-electron chi connectivity index (χ2n) is 4.46. The molecule has 0 saturated carbocycles. The number of benzene rings is 1. The van der Waals surface area contributed by atoms with E-state index in [1.54, 1.807) is 22.6 Å². The first-order valence-corrected chi connectivity index (χ1v) is 6.00.